The maximum Gasteiger partial charge on any atom is 0.340 e. The zero-order valence-corrected chi connectivity index (χ0v) is 12.0. The molecule has 3 nitrogen and oxygen atoms in total. The van der Waals surface area contributed by atoms with E-state index in [4.69, 9.17) is 15.9 Å². The van der Waals surface area contributed by atoms with Crippen LogP contribution in [0.4, 0.5) is 0 Å². The van der Waals surface area contributed by atoms with Crippen LogP contribution < -0.4 is 0 Å². The number of carbonyl (C=O) groups excluding carboxylic acids is 1. The molecule has 1 aromatic carbocycles. The first-order chi connectivity index (χ1) is 9.43. The lowest BCUT2D eigenvalue weighted by atomic mass is 9.94. The number of hydrogen-bond donors (Lipinski definition) is 0. The van der Waals surface area contributed by atoms with Crippen molar-refractivity contribution in [2.75, 3.05) is 0 Å². The Kier molecular flexibility index (Phi) is 3.85. The second-order valence-electron chi connectivity index (χ2n) is 5.27. The van der Waals surface area contributed by atoms with Gasteiger partial charge >= 0.3 is 5.97 Å². The molecular formula is C17H18O3. The van der Waals surface area contributed by atoms with Crippen LogP contribution in [0.5, 0.6) is 0 Å². The van der Waals surface area contributed by atoms with Gasteiger partial charge in [-0.1, -0.05) is 36.3 Å². The van der Waals surface area contributed by atoms with Crippen molar-refractivity contribution in [2.24, 2.45) is 0 Å². The van der Waals surface area contributed by atoms with Crippen molar-refractivity contribution >= 4 is 5.97 Å². The number of allylic oxidation sites excluding steroid dienone is 1. The SMILES string of the molecule is C#CC(CC1=C(C)C(=O)OC(C)(C)O1)c1ccccc1. The van der Waals surface area contributed by atoms with Gasteiger partial charge in [-0.3, -0.25) is 0 Å². The molecule has 20 heavy (non-hydrogen) atoms. The largest absolute Gasteiger partial charge is 0.457 e. The number of ether oxygens (including phenoxy) is 2. The predicted octanol–water partition coefficient (Wildman–Crippen LogP) is 3.38. The molecule has 0 saturated heterocycles. The number of terminal acetylenes is 1. The van der Waals surface area contributed by atoms with Gasteiger partial charge < -0.3 is 9.47 Å². The summed E-state index contributed by atoms with van der Waals surface area (Å²) in [7, 11) is 0. The van der Waals surface area contributed by atoms with E-state index in [2.05, 4.69) is 5.92 Å². The van der Waals surface area contributed by atoms with Crippen molar-refractivity contribution in [3.05, 3.63) is 47.2 Å². The Balaban J connectivity index is 2.26. The monoisotopic (exact) mass is 270 g/mol. The molecule has 0 fully saturated rings. The highest BCUT2D eigenvalue weighted by Crippen LogP contribution is 2.32. The van der Waals surface area contributed by atoms with Crippen LogP contribution in [0, 0.1) is 12.3 Å². The summed E-state index contributed by atoms with van der Waals surface area (Å²) >= 11 is 0. The first kappa shape index (κ1) is 14.2. The Bertz CT molecular complexity index is 576. The second-order valence-corrected chi connectivity index (χ2v) is 5.27. The molecule has 1 atom stereocenters. The Labute approximate surface area is 119 Å². The third kappa shape index (κ3) is 3.03. The van der Waals surface area contributed by atoms with Crippen molar-refractivity contribution in [1.29, 1.82) is 0 Å². The van der Waals surface area contributed by atoms with Crippen LogP contribution in [0.1, 0.15) is 38.7 Å². The highest BCUT2D eigenvalue weighted by molar-refractivity contribution is 5.89. The Morgan fingerprint density at radius 1 is 1.25 bits per heavy atom. The van der Waals surface area contributed by atoms with E-state index in [1.165, 1.54) is 0 Å². The van der Waals surface area contributed by atoms with E-state index >= 15 is 0 Å². The summed E-state index contributed by atoms with van der Waals surface area (Å²) in [6, 6.07) is 9.79. The molecule has 2 rings (SSSR count). The van der Waals surface area contributed by atoms with Gasteiger partial charge in [0.1, 0.15) is 5.76 Å². The molecule has 3 heteroatoms. The maximum absolute atomic E-state index is 11.8. The molecule has 1 aliphatic heterocycles. The van der Waals surface area contributed by atoms with Crippen LogP contribution in [-0.2, 0) is 14.3 Å². The normalized spacial score (nSPS) is 18.8. The summed E-state index contributed by atoms with van der Waals surface area (Å²) in [5.41, 5.74) is 1.52. The highest BCUT2D eigenvalue weighted by Gasteiger charge is 2.34. The molecule has 0 aromatic heterocycles. The van der Waals surface area contributed by atoms with Crippen molar-refractivity contribution in [1.82, 2.24) is 0 Å². The predicted molar refractivity (Wildman–Crippen MR) is 76.6 cm³/mol. The summed E-state index contributed by atoms with van der Waals surface area (Å²) in [5, 5.41) is 0. The van der Waals surface area contributed by atoms with E-state index < -0.39 is 5.79 Å². The molecular weight excluding hydrogens is 252 g/mol. The lowest BCUT2D eigenvalue weighted by Crippen LogP contribution is -2.36. The molecule has 1 heterocycles. The van der Waals surface area contributed by atoms with Crippen LogP contribution in [0.25, 0.3) is 0 Å². The van der Waals surface area contributed by atoms with E-state index in [9.17, 15) is 4.79 Å². The average molecular weight is 270 g/mol. The molecule has 1 aliphatic rings. The quantitative estimate of drug-likeness (QED) is 0.624. The fourth-order valence-corrected chi connectivity index (χ4v) is 2.15. The molecule has 0 N–H and O–H groups in total. The number of esters is 1. The van der Waals surface area contributed by atoms with Gasteiger partial charge in [-0.05, 0) is 12.5 Å². The minimum absolute atomic E-state index is 0.122. The van der Waals surface area contributed by atoms with Crippen molar-refractivity contribution in [3.8, 4) is 12.3 Å². The average Bonchev–Trinajstić information content (AvgIpc) is 2.41. The molecule has 0 spiro atoms. The van der Waals surface area contributed by atoms with Gasteiger partial charge in [0, 0.05) is 20.3 Å². The summed E-state index contributed by atoms with van der Waals surface area (Å²) in [6.07, 6.45) is 6.12. The van der Waals surface area contributed by atoms with Crippen molar-refractivity contribution < 1.29 is 14.3 Å². The molecule has 0 amide bonds. The number of hydrogen-bond acceptors (Lipinski definition) is 3. The minimum atomic E-state index is -0.943. The summed E-state index contributed by atoms with van der Waals surface area (Å²) in [5.74, 6) is 1.96. The van der Waals surface area contributed by atoms with Crippen LogP contribution >= 0.6 is 0 Å². The number of carbonyl (C=O) groups is 1. The summed E-state index contributed by atoms with van der Waals surface area (Å²) < 4.78 is 10.9. The van der Waals surface area contributed by atoms with E-state index in [0.29, 0.717) is 17.8 Å². The topological polar surface area (TPSA) is 35.5 Å². The molecule has 1 unspecified atom stereocenters. The number of cyclic esters (lactones) is 1. The third-order valence-corrected chi connectivity index (χ3v) is 3.22. The van der Waals surface area contributed by atoms with Gasteiger partial charge in [-0.2, -0.15) is 0 Å². The minimum Gasteiger partial charge on any atom is -0.457 e. The van der Waals surface area contributed by atoms with Crippen molar-refractivity contribution in [3.63, 3.8) is 0 Å². The fraction of sp³-hybridized carbons (Fsp3) is 0.353. The van der Waals surface area contributed by atoms with E-state index in [1.807, 2.05) is 30.3 Å². The van der Waals surface area contributed by atoms with Crippen LogP contribution in [-0.4, -0.2) is 11.8 Å². The van der Waals surface area contributed by atoms with Gasteiger partial charge in [-0.15, -0.1) is 6.42 Å². The fourth-order valence-electron chi connectivity index (χ4n) is 2.15. The Hall–Kier alpha value is -2.21. The van der Waals surface area contributed by atoms with E-state index in [-0.39, 0.29) is 11.9 Å². The number of benzene rings is 1. The smallest absolute Gasteiger partial charge is 0.340 e. The van der Waals surface area contributed by atoms with Gasteiger partial charge in [0.05, 0.1) is 11.5 Å². The Morgan fingerprint density at radius 3 is 2.50 bits per heavy atom. The van der Waals surface area contributed by atoms with Gasteiger partial charge in [0.2, 0.25) is 5.79 Å². The summed E-state index contributed by atoms with van der Waals surface area (Å²) in [6.45, 7) is 5.13. The Morgan fingerprint density at radius 2 is 1.90 bits per heavy atom. The van der Waals surface area contributed by atoms with Crippen LogP contribution in [0.2, 0.25) is 0 Å². The highest BCUT2D eigenvalue weighted by atomic mass is 16.7. The zero-order chi connectivity index (χ0) is 14.8. The third-order valence-electron chi connectivity index (χ3n) is 3.22. The van der Waals surface area contributed by atoms with Gasteiger partial charge in [0.15, 0.2) is 0 Å². The van der Waals surface area contributed by atoms with Gasteiger partial charge in [0.25, 0.3) is 0 Å². The first-order valence-corrected chi connectivity index (χ1v) is 6.56. The molecule has 0 radical (unpaired) electrons. The van der Waals surface area contributed by atoms with Crippen molar-refractivity contribution in [2.45, 2.75) is 38.9 Å². The van der Waals surface area contributed by atoms with Gasteiger partial charge in [-0.25, -0.2) is 4.79 Å². The van der Waals surface area contributed by atoms with E-state index in [0.717, 1.165) is 5.56 Å². The lowest BCUT2D eigenvalue weighted by molar-refractivity contribution is -0.208. The molecule has 1 aromatic rings. The maximum atomic E-state index is 11.8. The molecule has 104 valence electrons. The first-order valence-electron chi connectivity index (χ1n) is 6.56. The second kappa shape index (κ2) is 5.42. The standard InChI is InChI=1S/C17H18O3/c1-5-13(14-9-7-6-8-10-14)11-15-12(2)16(18)20-17(3,4)19-15/h1,6-10,13H,11H2,2-4H3. The van der Waals surface area contributed by atoms with Crippen LogP contribution in [0.15, 0.2) is 41.7 Å². The summed E-state index contributed by atoms with van der Waals surface area (Å²) in [4.78, 5) is 11.8. The molecule has 0 saturated carbocycles. The van der Waals surface area contributed by atoms with E-state index in [1.54, 1.807) is 20.8 Å². The molecule has 0 aliphatic carbocycles. The molecule has 0 bridgehead atoms. The zero-order valence-electron chi connectivity index (χ0n) is 12.0. The number of rotatable bonds is 3. The van der Waals surface area contributed by atoms with Crippen LogP contribution in [0.3, 0.4) is 0 Å². The lowest BCUT2D eigenvalue weighted by Gasteiger charge is -2.33.